The van der Waals surface area contributed by atoms with Crippen LogP contribution >= 0.6 is 0 Å². The van der Waals surface area contributed by atoms with Gasteiger partial charge >= 0.3 is 6.18 Å². The zero-order chi connectivity index (χ0) is 23.3. The Balaban J connectivity index is 1.63. The van der Waals surface area contributed by atoms with Crippen LogP contribution < -0.4 is 0 Å². The molecule has 4 heterocycles. The number of hydrogen-bond donors (Lipinski definition) is 1. The molecule has 0 amide bonds. The molecule has 33 heavy (non-hydrogen) atoms. The average molecular weight is 463 g/mol. The van der Waals surface area contributed by atoms with Crippen molar-refractivity contribution in [2.75, 3.05) is 39.4 Å². The van der Waals surface area contributed by atoms with Gasteiger partial charge in [0.25, 0.3) is 0 Å². The number of likely N-dealkylation sites (tertiary alicyclic amines) is 1. The van der Waals surface area contributed by atoms with E-state index in [0.717, 1.165) is 6.07 Å². The van der Waals surface area contributed by atoms with Crippen molar-refractivity contribution in [2.45, 2.75) is 37.3 Å². The maximum Gasteiger partial charge on any atom is 0.416 e. The highest BCUT2D eigenvalue weighted by molar-refractivity contribution is 6.68. The van der Waals surface area contributed by atoms with Crippen molar-refractivity contribution in [1.29, 1.82) is 0 Å². The van der Waals surface area contributed by atoms with Crippen LogP contribution in [0.5, 0.6) is 0 Å². The Morgan fingerprint density at radius 2 is 1.88 bits per heavy atom. The van der Waals surface area contributed by atoms with Gasteiger partial charge in [-0.15, -0.1) is 10.2 Å². The minimum Gasteiger partial charge on any atom is -0.388 e. The van der Waals surface area contributed by atoms with Gasteiger partial charge in [0.15, 0.2) is 11.5 Å². The molecule has 176 valence electrons. The van der Waals surface area contributed by atoms with Crippen LogP contribution in [-0.2, 0) is 17.3 Å². The van der Waals surface area contributed by atoms with Crippen LogP contribution in [0.2, 0.25) is 0 Å². The summed E-state index contributed by atoms with van der Waals surface area (Å²) in [5, 5.41) is 22.4. The highest BCUT2D eigenvalue weighted by Crippen LogP contribution is 2.37. The van der Waals surface area contributed by atoms with Crippen molar-refractivity contribution in [3.63, 3.8) is 0 Å². The quantitative estimate of drug-likeness (QED) is 0.744. The number of halogens is 3. The summed E-state index contributed by atoms with van der Waals surface area (Å²) >= 11 is 0. The van der Waals surface area contributed by atoms with Crippen molar-refractivity contribution < 1.29 is 23.0 Å². The van der Waals surface area contributed by atoms with Crippen LogP contribution in [0.3, 0.4) is 0 Å². The first kappa shape index (κ1) is 22.1. The van der Waals surface area contributed by atoms with Gasteiger partial charge in [-0.05, 0) is 30.2 Å². The van der Waals surface area contributed by atoms with Gasteiger partial charge in [0, 0.05) is 32.6 Å². The summed E-state index contributed by atoms with van der Waals surface area (Å²) in [5.41, 5.74) is -1.16. The van der Waals surface area contributed by atoms with E-state index in [1.807, 2.05) is 9.80 Å². The molecule has 1 aromatic carbocycles. The molecular weight excluding hydrogens is 439 g/mol. The summed E-state index contributed by atoms with van der Waals surface area (Å²) in [6.07, 6.45) is -4.09. The molecule has 12 heteroatoms. The van der Waals surface area contributed by atoms with E-state index in [9.17, 15) is 18.3 Å². The topological polar surface area (TPSA) is 97.7 Å². The fraction of sp³-hybridized carbons (Fsp3) is 0.571. The van der Waals surface area contributed by atoms with Crippen LogP contribution in [-0.4, -0.2) is 83.1 Å². The maximum atomic E-state index is 13.8. The minimum absolute atomic E-state index is 0.0904. The summed E-state index contributed by atoms with van der Waals surface area (Å²) in [6.45, 7) is 4.31. The number of ether oxygens (including phenoxy) is 1. The molecule has 2 atom stereocenters. The summed E-state index contributed by atoms with van der Waals surface area (Å²) in [6, 6.07) is 5.49. The molecule has 0 bridgehead atoms. The lowest BCUT2D eigenvalue weighted by atomic mass is 9.98. The van der Waals surface area contributed by atoms with Gasteiger partial charge in [0.2, 0.25) is 11.6 Å². The molecule has 1 aromatic rings. The molecule has 2 saturated heterocycles. The maximum absolute atomic E-state index is 13.8. The lowest BCUT2D eigenvalue weighted by Crippen LogP contribution is -2.57. The first-order valence-corrected chi connectivity index (χ1v) is 10.8. The number of aliphatic hydroxyl groups is 1. The summed E-state index contributed by atoms with van der Waals surface area (Å²) < 4.78 is 46.9. The first-order valence-electron chi connectivity index (χ1n) is 10.8. The second-order valence-electron chi connectivity index (χ2n) is 8.88. The first-order chi connectivity index (χ1) is 15.7. The van der Waals surface area contributed by atoms with Gasteiger partial charge in [-0.25, -0.2) is 9.98 Å². The number of hydrogen-bond acceptors (Lipinski definition) is 9. The molecular formula is C21H24F3N7O2. The smallest absolute Gasteiger partial charge is 0.388 e. The predicted molar refractivity (Wildman–Crippen MR) is 114 cm³/mol. The molecule has 1 unspecified atom stereocenters. The molecule has 0 aromatic heterocycles. The number of aliphatic imine (C=N–C) groups is 2. The molecule has 1 N–H and O–H groups in total. The number of β-amino-alcohol motifs (C(OH)–C–C–N with tert-alkyl or cyclic N) is 1. The number of nitrogens with zero attached hydrogens (tertiary/aromatic N) is 7. The lowest BCUT2D eigenvalue weighted by Gasteiger charge is -2.43. The van der Waals surface area contributed by atoms with E-state index < -0.39 is 23.1 Å². The van der Waals surface area contributed by atoms with E-state index in [1.54, 1.807) is 13.0 Å². The number of morpholine rings is 1. The third-order valence-electron chi connectivity index (χ3n) is 6.30. The van der Waals surface area contributed by atoms with Gasteiger partial charge in [-0.3, -0.25) is 4.90 Å². The average Bonchev–Trinajstić information content (AvgIpc) is 3.39. The van der Waals surface area contributed by atoms with E-state index >= 15 is 0 Å². The molecule has 2 fully saturated rings. The fourth-order valence-electron chi connectivity index (χ4n) is 4.65. The van der Waals surface area contributed by atoms with Gasteiger partial charge in [0.1, 0.15) is 0 Å². The molecule has 0 saturated carbocycles. The van der Waals surface area contributed by atoms with E-state index in [2.05, 4.69) is 15.4 Å². The monoisotopic (exact) mass is 463 g/mol. The highest BCUT2D eigenvalue weighted by Gasteiger charge is 2.47. The van der Waals surface area contributed by atoms with Gasteiger partial charge in [-0.1, -0.05) is 18.2 Å². The number of amidine groups is 2. The third kappa shape index (κ3) is 4.18. The zero-order valence-corrected chi connectivity index (χ0v) is 18.1. The largest absolute Gasteiger partial charge is 0.416 e. The lowest BCUT2D eigenvalue weighted by molar-refractivity contribution is -0.138. The van der Waals surface area contributed by atoms with Crippen molar-refractivity contribution in [3.8, 4) is 0 Å². The Morgan fingerprint density at radius 3 is 2.58 bits per heavy atom. The van der Waals surface area contributed by atoms with Crippen molar-refractivity contribution >= 4 is 17.4 Å². The Morgan fingerprint density at radius 1 is 1.12 bits per heavy atom. The second kappa shape index (κ2) is 7.96. The molecule has 4 aliphatic heterocycles. The van der Waals surface area contributed by atoms with Crippen LogP contribution in [0.15, 0.2) is 49.7 Å². The van der Waals surface area contributed by atoms with Gasteiger partial charge in [-0.2, -0.15) is 13.2 Å². The molecule has 5 rings (SSSR count). The summed E-state index contributed by atoms with van der Waals surface area (Å²) in [4.78, 5) is 13.5. The van der Waals surface area contributed by atoms with Crippen LogP contribution in [0.25, 0.3) is 0 Å². The highest BCUT2D eigenvalue weighted by atomic mass is 19.4. The SMILES string of the molecule is C[C@@]1(O)CCN(C2=NC(Cc3ccccc3C(F)(F)F)(N3CCOCC3)N=C3N=NN=C32)C1. The van der Waals surface area contributed by atoms with E-state index in [-0.39, 0.29) is 17.8 Å². The predicted octanol–water partition coefficient (Wildman–Crippen LogP) is 2.32. The van der Waals surface area contributed by atoms with E-state index in [4.69, 9.17) is 14.7 Å². The van der Waals surface area contributed by atoms with Gasteiger partial charge < -0.3 is 14.7 Å². The van der Waals surface area contributed by atoms with Crippen LogP contribution in [0.4, 0.5) is 13.2 Å². The van der Waals surface area contributed by atoms with E-state index in [0.29, 0.717) is 57.4 Å². The standard InChI is InChI=1S/C21H24F3N7O2/c1-19(32)6-7-30(13-19)18-16-17(28-29-27-16)25-20(26-18,31-8-10-33-11-9-31)12-14-4-2-3-5-15(14)21(22,23)24/h2-5,32H,6-13H2,1H3/t19-,20?/m1/s1. The normalized spacial score (nSPS) is 30.2. The zero-order valence-electron chi connectivity index (χ0n) is 18.1. The second-order valence-corrected chi connectivity index (χ2v) is 8.88. The number of alkyl halides is 3. The Kier molecular flexibility index (Phi) is 5.33. The number of fused-ring (bicyclic) bond motifs is 1. The van der Waals surface area contributed by atoms with Crippen molar-refractivity contribution in [3.05, 3.63) is 35.4 Å². The van der Waals surface area contributed by atoms with Crippen LogP contribution in [0, 0.1) is 0 Å². The van der Waals surface area contributed by atoms with Crippen LogP contribution in [0.1, 0.15) is 24.5 Å². The molecule has 0 spiro atoms. The van der Waals surface area contributed by atoms with Crippen molar-refractivity contribution in [1.82, 2.24) is 9.80 Å². The minimum atomic E-state index is -4.51. The summed E-state index contributed by atoms with van der Waals surface area (Å²) in [7, 11) is 0. The number of rotatable bonds is 3. The fourth-order valence-corrected chi connectivity index (χ4v) is 4.65. The van der Waals surface area contributed by atoms with Gasteiger partial charge in [0.05, 0.1) is 24.4 Å². The summed E-state index contributed by atoms with van der Waals surface area (Å²) in [5.74, 6) is -0.687. The molecule has 0 radical (unpaired) electrons. The van der Waals surface area contributed by atoms with E-state index in [1.165, 1.54) is 12.1 Å². The molecule has 0 aliphatic carbocycles. The Bertz CT molecular complexity index is 1060. The molecule has 4 aliphatic rings. The Hall–Kier alpha value is -2.70. The number of benzene rings is 1. The Labute approximate surface area is 188 Å². The van der Waals surface area contributed by atoms with Crippen molar-refractivity contribution in [2.24, 2.45) is 25.4 Å². The third-order valence-corrected chi connectivity index (χ3v) is 6.30. The molecule has 9 nitrogen and oxygen atoms in total.